The van der Waals surface area contributed by atoms with E-state index in [1.165, 1.54) is 0 Å². The van der Waals surface area contributed by atoms with Gasteiger partial charge in [0, 0.05) is 15.1 Å². The summed E-state index contributed by atoms with van der Waals surface area (Å²) in [5, 5.41) is 0.655. The molecular formula is C16H18BrClN2O. The van der Waals surface area contributed by atoms with Crippen LogP contribution in [-0.4, -0.2) is 6.10 Å². The largest absolute Gasteiger partial charge is 0.491 e. The van der Waals surface area contributed by atoms with Crippen molar-refractivity contribution in [1.29, 1.82) is 0 Å². The predicted octanol–water partition coefficient (Wildman–Crippen LogP) is 4.44. The summed E-state index contributed by atoms with van der Waals surface area (Å²) in [5.41, 5.74) is 4.79. The first-order valence-corrected chi connectivity index (χ1v) is 7.86. The predicted molar refractivity (Wildman–Crippen MR) is 90.5 cm³/mol. The van der Waals surface area contributed by atoms with Crippen LogP contribution in [0, 0.1) is 0 Å². The van der Waals surface area contributed by atoms with Crippen LogP contribution in [0.4, 0.5) is 0 Å². The van der Waals surface area contributed by atoms with Crippen LogP contribution in [0.25, 0.3) is 0 Å². The molecule has 0 fully saturated rings. The van der Waals surface area contributed by atoms with Crippen LogP contribution >= 0.6 is 27.5 Å². The molecule has 0 spiro atoms. The first-order valence-electron chi connectivity index (χ1n) is 6.69. The average Bonchev–Trinajstić information content (AvgIpc) is 2.40. The number of halogens is 2. The molecule has 3 nitrogen and oxygen atoms in total. The number of nitrogens with two attached hydrogens (primary N) is 1. The van der Waals surface area contributed by atoms with Gasteiger partial charge in [-0.1, -0.05) is 45.7 Å². The van der Waals surface area contributed by atoms with Gasteiger partial charge < -0.3 is 4.74 Å². The Balaban J connectivity index is 2.46. The van der Waals surface area contributed by atoms with Crippen LogP contribution in [0.5, 0.6) is 5.75 Å². The summed E-state index contributed by atoms with van der Waals surface area (Å²) in [6, 6.07) is 13.4. The Bertz CT molecular complexity index is 599. The Labute approximate surface area is 138 Å². The molecule has 0 saturated carbocycles. The fraction of sp³-hybridized carbons (Fsp3) is 0.250. The van der Waals surface area contributed by atoms with Gasteiger partial charge in [-0.3, -0.25) is 5.84 Å². The molecule has 0 aliphatic carbocycles. The summed E-state index contributed by atoms with van der Waals surface area (Å²) in [4.78, 5) is 0. The molecule has 5 heteroatoms. The molecule has 0 amide bonds. The highest BCUT2D eigenvalue weighted by Gasteiger charge is 2.18. The van der Waals surface area contributed by atoms with Crippen molar-refractivity contribution in [2.45, 2.75) is 26.0 Å². The van der Waals surface area contributed by atoms with E-state index < -0.39 is 0 Å². The number of rotatable bonds is 5. The quantitative estimate of drug-likeness (QED) is 0.605. The van der Waals surface area contributed by atoms with Gasteiger partial charge in [0.15, 0.2) is 0 Å². The van der Waals surface area contributed by atoms with Gasteiger partial charge >= 0.3 is 0 Å². The first kappa shape index (κ1) is 16.3. The molecule has 1 atom stereocenters. The van der Waals surface area contributed by atoms with Crippen molar-refractivity contribution in [2.75, 3.05) is 0 Å². The minimum Gasteiger partial charge on any atom is -0.491 e. The highest BCUT2D eigenvalue weighted by atomic mass is 79.9. The lowest BCUT2D eigenvalue weighted by Crippen LogP contribution is -2.29. The van der Waals surface area contributed by atoms with Crippen LogP contribution in [0.2, 0.25) is 5.02 Å². The molecule has 0 aromatic heterocycles. The normalized spacial score (nSPS) is 12.5. The van der Waals surface area contributed by atoms with Crippen LogP contribution < -0.4 is 16.0 Å². The monoisotopic (exact) mass is 368 g/mol. The van der Waals surface area contributed by atoms with Crippen molar-refractivity contribution in [3.8, 4) is 5.75 Å². The van der Waals surface area contributed by atoms with E-state index in [0.717, 1.165) is 21.3 Å². The summed E-state index contributed by atoms with van der Waals surface area (Å²) < 4.78 is 6.78. The van der Waals surface area contributed by atoms with E-state index >= 15 is 0 Å². The zero-order valence-corrected chi connectivity index (χ0v) is 14.3. The maximum Gasteiger partial charge on any atom is 0.124 e. The summed E-state index contributed by atoms with van der Waals surface area (Å²) in [6.07, 6.45) is 0.0932. The zero-order chi connectivity index (χ0) is 15.4. The molecule has 2 aromatic carbocycles. The van der Waals surface area contributed by atoms with Gasteiger partial charge in [-0.2, -0.15) is 0 Å². The van der Waals surface area contributed by atoms with Gasteiger partial charge in [-0.05, 0) is 43.7 Å². The lowest BCUT2D eigenvalue weighted by Gasteiger charge is -2.22. The molecule has 0 heterocycles. The molecule has 112 valence electrons. The van der Waals surface area contributed by atoms with Gasteiger partial charge in [0.25, 0.3) is 0 Å². The van der Waals surface area contributed by atoms with E-state index in [1.54, 1.807) is 0 Å². The van der Waals surface area contributed by atoms with Crippen molar-refractivity contribution < 1.29 is 4.74 Å². The molecule has 1 unspecified atom stereocenters. The van der Waals surface area contributed by atoms with E-state index in [4.69, 9.17) is 22.2 Å². The summed E-state index contributed by atoms with van der Waals surface area (Å²) in [5.74, 6) is 6.58. The second-order valence-corrected chi connectivity index (χ2v) is 6.36. The molecule has 0 saturated heterocycles. The van der Waals surface area contributed by atoms with E-state index in [2.05, 4.69) is 21.4 Å². The third-order valence-electron chi connectivity index (χ3n) is 2.98. The molecule has 21 heavy (non-hydrogen) atoms. The molecule has 0 radical (unpaired) electrons. The van der Waals surface area contributed by atoms with Gasteiger partial charge in [0.05, 0.1) is 12.1 Å². The minimum atomic E-state index is -0.199. The Morgan fingerprint density at radius 2 is 1.90 bits per heavy atom. The fourth-order valence-corrected chi connectivity index (χ4v) is 3.07. The fourth-order valence-electron chi connectivity index (χ4n) is 2.19. The summed E-state index contributed by atoms with van der Waals surface area (Å²) >= 11 is 9.59. The first-order chi connectivity index (χ1) is 10.0. The van der Waals surface area contributed by atoms with E-state index in [1.807, 2.05) is 56.3 Å². The van der Waals surface area contributed by atoms with Crippen LogP contribution in [0.15, 0.2) is 46.9 Å². The van der Waals surface area contributed by atoms with E-state index in [9.17, 15) is 0 Å². The molecule has 2 aromatic rings. The van der Waals surface area contributed by atoms with E-state index in [-0.39, 0.29) is 12.1 Å². The van der Waals surface area contributed by atoms with Gasteiger partial charge in [0.1, 0.15) is 5.75 Å². The standard InChI is InChI=1S/C16H18BrClN2O/c1-10(2)21-15-6-4-3-5-14(15)16(20-19)11-7-12(17)9-13(18)8-11/h3-10,16,20H,19H2,1-2H3. The third kappa shape index (κ3) is 4.20. The molecule has 2 rings (SSSR count). The molecule has 0 aliphatic heterocycles. The van der Waals surface area contributed by atoms with Gasteiger partial charge in [-0.15, -0.1) is 0 Å². The van der Waals surface area contributed by atoms with Crippen molar-refractivity contribution in [1.82, 2.24) is 5.43 Å². The molecule has 0 aliphatic rings. The van der Waals surface area contributed by atoms with Crippen molar-refractivity contribution >= 4 is 27.5 Å². The lowest BCUT2D eigenvalue weighted by atomic mass is 9.98. The Morgan fingerprint density at radius 3 is 2.52 bits per heavy atom. The van der Waals surface area contributed by atoms with Crippen molar-refractivity contribution in [3.05, 3.63) is 63.1 Å². The number of hydrogen-bond acceptors (Lipinski definition) is 3. The van der Waals surface area contributed by atoms with Gasteiger partial charge in [-0.25, -0.2) is 5.43 Å². The third-order valence-corrected chi connectivity index (χ3v) is 3.65. The van der Waals surface area contributed by atoms with Crippen molar-refractivity contribution in [2.24, 2.45) is 5.84 Å². The van der Waals surface area contributed by atoms with Gasteiger partial charge in [0.2, 0.25) is 0 Å². The average molecular weight is 370 g/mol. The molecule has 3 N–H and O–H groups in total. The number of hydrogen-bond donors (Lipinski definition) is 2. The maximum atomic E-state index is 6.13. The maximum absolute atomic E-state index is 6.13. The van der Waals surface area contributed by atoms with Crippen LogP contribution in [-0.2, 0) is 0 Å². The minimum absolute atomic E-state index is 0.0932. The number of para-hydroxylation sites is 1. The number of nitrogens with one attached hydrogen (secondary N) is 1. The zero-order valence-electron chi connectivity index (χ0n) is 11.9. The van der Waals surface area contributed by atoms with Crippen LogP contribution in [0.1, 0.15) is 31.0 Å². The summed E-state index contributed by atoms with van der Waals surface area (Å²) in [7, 11) is 0. The number of ether oxygens (including phenoxy) is 1. The highest BCUT2D eigenvalue weighted by Crippen LogP contribution is 2.32. The smallest absolute Gasteiger partial charge is 0.124 e. The second-order valence-electron chi connectivity index (χ2n) is 5.01. The molecule has 0 bridgehead atoms. The molecular weight excluding hydrogens is 352 g/mol. The SMILES string of the molecule is CC(C)Oc1ccccc1C(NN)c1cc(Cl)cc(Br)c1. The Hall–Kier alpha value is -1.07. The van der Waals surface area contributed by atoms with E-state index in [0.29, 0.717) is 5.02 Å². The highest BCUT2D eigenvalue weighted by molar-refractivity contribution is 9.10. The van der Waals surface area contributed by atoms with Crippen LogP contribution in [0.3, 0.4) is 0 Å². The topological polar surface area (TPSA) is 47.3 Å². The second kappa shape index (κ2) is 7.27. The Morgan fingerprint density at radius 1 is 1.19 bits per heavy atom. The number of benzene rings is 2. The number of hydrazine groups is 1. The lowest BCUT2D eigenvalue weighted by molar-refractivity contribution is 0.238. The Kier molecular flexibility index (Phi) is 5.65. The summed E-state index contributed by atoms with van der Waals surface area (Å²) in [6.45, 7) is 4.00. The van der Waals surface area contributed by atoms with Crippen molar-refractivity contribution in [3.63, 3.8) is 0 Å².